The maximum absolute atomic E-state index is 13.0. The van der Waals surface area contributed by atoms with E-state index in [0.29, 0.717) is 25.4 Å². The number of nitrogens with one attached hydrogen (secondary N) is 1. The monoisotopic (exact) mass is 382 g/mol. The molecule has 148 valence electrons. The second kappa shape index (κ2) is 7.75. The zero-order valence-corrected chi connectivity index (χ0v) is 16.4. The average Bonchev–Trinajstić information content (AvgIpc) is 2.93. The van der Waals surface area contributed by atoms with Crippen LogP contribution in [0.2, 0.25) is 0 Å². The predicted molar refractivity (Wildman–Crippen MR) is 105 cm³/mol. The SMILES string of the molecule is Cc1cnc(C)c(-c2cc(O)c3c(c2)CN(C(=O)C2CCNCC2)CCO3)n1. The number of aryl methyl sites for hydroxylation is 2. The van der Waals surface area contributed by atoms with Gasteiger partial charge in [0.15, 0.2) is 11.5 Å². The van der Waals surface area contributed by atoms with Crippen molar-refractivity contribution in [2.75, 3.05) is 26.2 Å². The molecule has 0 radical (unpaired) electrons. The topological polar surface area (TPSA) is 87.6 Å². The van der Waals surface area contributed by atoms with Crippen LogP contribution in [0.1, 0.15) is 29.8 Å². The Morgan fingerprint density at radius 1 is 1.29 bits per heavy atom. The van der Waals surface area contributed by atoms with Crippen molar-refractivity contribution in [1.82, 2.24) is 20.2 Å². The number of fused-ring (bicyclic) bond motifs is 1. The fourth-order valence-corrected chi connectivity index (χ4v) is 3.96. The average molecular weight is 382 g/mol. The van der Waals surface area contributed by atoms with Crippen LogP contribution < -0.4 is 10.1 Å². The number of aromatic hydroxyl groups is 1. The van der Waals surface area contributed by atoms with Crippen LogP contribution in [-0.4, -0.2) is 52.1 Å². The van der Waals surface area contributed by atoms with E-state index in [0.717, 1.165) is 54.1 Å². The summed E-state index contributed by atoms with van der Waals surface area (Å²) in [5, 5.41) is 13.9. The third-order valence-electron chi connectivity index (χ3n) is 5.46. The zero-order chi connectivity index (χ0) is 19.7. The first kappa shape index (κ1) is 18.7. The smallest absolute Gasteiger partial charge is 0.226 e. The van der Waals surface area contributed by atoms with Gasteiger partial charge in [0.05, 0.1) is 23.6 Å². The molecule has 1 fully saturated rings. The number of piperidine rings is 1. The lowest BCUT2D eigenvalue weighted by molar-refractivity contribution is -0.137. The molecular formula is C21H26N4O3. The summed E-state index contributed by atoms with van der Waals surface area (Å²) < 4.78 is 5.80. The van der Waals surface area contributed by atoms with Crippen molar-refractivity contribution in [2.45, 2.75) is 33.2 Å². The van der Waals surface area contributed by atoms with E-state index in [-0.39, 0.29) is 17.6 Å². The van der Waals surface area contributed by atoms with Crippen LogP contribution in [0.5, 0.6) is 11.5 Å². The first-order valence-corrected chi connectivity index (χ1v) is 9.81. The van der Waals surface area contributed by atoms with Crippen LogP contribution in [0.4, 0.5) is 0 Å². The minimum atomic E-state index is 0.0597. The Bertz CT molecular complexity index is 893. The largest absolute Gasteiger partial charge is 0.504 e. The number of aromatic nitrogens is 2. The highest BCUT2D eigenvalue weighted by Crippen LogP contribution is 2.38. The third-order valence-corrected chi connectivity index (χ3v) is 5.46. The number of carbonyl (C=O) groups excluding carboxylic acids is 1. The Labute approximate surface area is 164 Å². The molecule has 4 rings (SSSR count). The number of nitrogens with zero attached hydrogens (tertiary/aromatic N) is 3. The molecule has 1 amide bonds. The summed E-state index contributed by atoms with van der Waals surface area (Å²) in [7, 11) is 0. The van der Waals surface area contributed by atoms with Crippen LogP contribution in [0, 0.1) is 19.8 Å². The van der Waals surface area contributed by atoms with E-state index in [2.05, 4.69) is 15.3 Å². The number of ether oxygens (including phenoxy) is 1. The van der Waals surface area contributed by atoms with Crippen molar-refractivity contribution in [3.05, 3.63) is 35.3 Å². The number of amides is 1. The Morgan fingerprint density at radius 3 is 2.86 bits per heavy atom. The van der Waals surface area contributed by atoms with Gasteiger partial charge in [-0.1, -0.05) is 0 Å². The molecule has 0 spiro atoms. The van der Waals surface area contributed by atoms with Crippen LogP contribution in [0.15, 0.2) is 18.3 Å². The number of hydrogen-bond donors (Lipinski definition) is 2. The molecule has 2 aromatic rings. The molecule has 2 aliphatic heterocycles. The predicted octanol–water partition coefficient (Wildman–Crippen LogP) is 2.19. The maximum atomic E-state index is 13.0. The molecule has 0 unspecified atom stereocenters. The summed E-state index contributed by atoms with van der Waals surface area (Å²) in [4.78, 5) is 23.8. The van der Waals surface area contributed by atoms with Crippen molar-refractivity contribution < 1.29 is 14.6 Å². The summed E-state index contributed by atoms with van der Waals surface area (Å²) in [6.07, 6.45) is 3.46. The summed E-state index contributed by atoms with van der Waals surface area (Å²) in [6, 6.07) is 3.62. The lowest BCUT2D eigenvalue weighted by Crippen LogP contribution is -2.41. The van der Waals surface area contributed by atoms with Gasteiger partial charge in [0.2, 0.25) is 5.91 Å². The standard InChI is InChI=1S/C21H26N4O3/c1-13-11-23-14(2)19(24-13)16-9-17-12-25(7-8-28-20(17)18(26)10-16)21(27)15-3-5-22-6-4-15/h9-11,15,22,26H,3-8,12H2,1-2H3. The fourth-order valence-electron chi connectivity index (χ4n) is 3.96. The summed E-state index contributed by atoms with van der Waals surface area (Å²) in [6.45, 7) is 6.88. The first-order valence-electron chi connectivity index (χ1n) is 9.81. The minimum Gasteiger partial charge on any atom is -0.504 e. The lowest BCUT2D eigenvalue weighted by Gasteiger charge is -2.28. The van der Waals surface area contributed by atoms with E-state index in [1.54, 1.807) is 12.3 Å². The van der Waals surface area contributed by atoms with Crippen LogP contribution in [0.25, 0.3) is 11.3 Å². The van der Waals surface area contributed by atoms with Gasteiger partial charge in [-0.25, -0.2) is 4.98 Å². The number of phenolic OH excluding ortho intramolecular Hbond substituents is 1. The number of rotatable bonds is 2. The van der Waals surface area contributed by atoms with Crippen LogP contribution in [-0.2, 0) is 11.3 Å². The maximum Gasteiger partial charge on any atom is 0.226 e. The van der Waals surface area contributed by atoms with Crippen LogP contribution in [0.3, 0.4) is 0 Å². The fraction of sp³-hybridized carbons (Fsp3) is 0.476. The van der Waals surface area contributed by atoms with Gasteiger partial charge >= 0.3 is 0 Å². The molecule has 1 aromatic heterocycles. The molecule has 0 saturated carbocycles. The van der Waals surface area contributed by atoms with E-state index in [1.165, 1.54) is 0 Å². The Balaban J connectivity index is 1.66. The normalized spacial score (nSPS) is 17.6. The third kappa shape index (κ3) is 3.67. The van der Waals surface area contributed by atoms with Crippen molar-refractivity contribution in [1.29, 1.82) is 0 Å². The van der Waals surface area contributed by atoms with Gasteiger partial charge in [0.1, 0.15) is 6.61 Å². The second-order valence-corrected chi connectivity index (χ2v) is 7.56. The molecule has 0 aliphatic carbocycles. The number of hydrogen-bond acceptors (Lipinski definition) is 6. The van der Waals surface area contributed by atoms with E-state index in [9.17, 15) is 9.90 Å². The van der Waals surface area contributed by atoms with Crippen molar-refractivity contribution in [3.8, 4) is 22.8 Å². The van der Waals surface area contributed by atoms with Gasteiger partial charge in [-0.2, -0.15) is 0 Å². The molecule has 0 atom stereocenters. The van der Waals surface area contributed by atoms with E-state index in [1.807, 2.05) is 24.8 Å². The molecule has 0 bridgehead atoms. The van der Waals surface area contributed by atoms with E-state index < -0.39 is 0 Å². The number of benzene rings is 1. The van der Waals surface area contributed by atoms with Crippen LogP contribution >= 0.6 is 0 Å². The second-order valence-electron chi connectivity index (χ2n) is 7.56. The molecule has 7 heteroatoms. The minimum absolute atomic E-state index is 0.0597. The van der Waals surface area contributed by atoms with Gasteiger partial charge in [0, 0.05) is 29.8 Å². The molecular weight excluding hydrogens is 356 g/mol. The first-order chi connectivity index (χ1) is 13.5. The summed E-state index contributed by atoms with van der Waals surface area (Å²) in [5.74, 6) is 0.771. The number of phenols is 1. The molecule has 3 heterocycles. The summed E-state index contributed by atoms with van der Waals surface area (Å²) >= 11 is 0. The van der Waals surface area contributed by atoms with Crippen molar-refractivity contribution in [2.24, 2.45) is 5.92 Å². The molecule has 7 nitrogen and oxygen atoms in total. The van der Waals surface area contributed by atoms with E-state index >= 15 is 0 Å². The van der Waals surface area contributed by atoms with Gasteiger partial charge < -0.3 is 20.1 Å². The highest BCUT2D eigenvalue weighted by atomic mass is 16.5. The Kier molecular flexibility index (Phi) is 5.17. The van der Waals surface area contributed by atoms with Gasteiger partial charge in [-0.05, 0) is 51.9 Å². The highest BCUT2D eigenvalue weighted by molar-refractivity contribution is 5.79. The Hall–Kier alpha value is -2.67. The van der Waals surface area contributed by atoms with Crippen molar-refractivity contribution >= 4 is 5.91 Å². The van der Waals surface area contributed by atoms with Gasteiger partial charge in [-0.15, -0.1) is 0 Å². The van der Waals surface area contributed by atoms with Gasteiger partial charge in [0.25, 0.3) is 0 Å². The Morgan fingerprint density at radius 2 is 2.07 bits per heavy atom. The van der Waals surface area contributed by atoms with Gasteiger partial charge in [-0.3, -0.25) is 9.78 Å². The van der Waals surface area contributed by atoms with Crippen molar-refractivity contribution in [3.63, 3.8) is 0 Å². The lowest BCUT2D eigenvalue weighted by atomic mass is 9.96. The molecule has 2 aliphatic rings. The molecule has 2 N–H and O–H groups in total. The quantitative estimate of drug-likeness (QED) is 0.828. The van der Waals surface area contributed by atoms with E-state index in [4.69, 9.17) is 4.74 Å². The molecule has 1 aromatic carbocycles. The molecule has 28 heavy (non-hydrogen) atoms. The summed E-state index contributed by atoms with van der Waals surface area (Å²) in [5.41, 5.74) is 3.93. The zero-order valence-electron chi connectivity index (χ0n) is 16.4. The number of carbonyl (C=O) groups is 1. The molecule has 1 saturated heterocycles. The highest BCUT2D eigenvalue weighted by Gasteiger charge is 2.29.